The third-order valence-corrected chi connectivity index (χ3v) is 2.70. The van der Waals surface area contributed by atoms with Crippen LogP contribution >= 0.6 is 0 Å². The quantitative estimate of drug-likeness (QED) is 0.620. The zero-order chi connectivity index (χ0) is 11.4. The number of para-hydroxylation sites is 2. The molecular formula is C11H14N2O3. The predicted octanol–water partition coefficient (Wildman–Crippen LogP) is 1.58. The predicted molar refractivity (Wildman–Crippen MR) is 59.6 cm³/mol. The highest BCUT2D eigenvalue weighted by molar-refractivity contribution is 5.45. The summed E-state index contributed by atoms with van der Waals surface area (Å²) in [7, 11) is 0. The molecule has 0 aliphatic carbocycles. The SMILES string of the molecule is O=[N+]([O-])c1ccccc1OCC1CCNC1. The molecule has 1 saturated heterocycles. The van der Waals surface area contributed by atoms with Crippen LogP contribution in [0.15, 0.2) is 24.3 Å². The van der Waals surface area contributed by atoms with E-state index in [0.29, 0.717) is 18.3 Å². The number of nitro groups is 1. The van der Waals surface area contributed by atoms with Gasteiger partial charge in [-0.2, -0.15) is 0 Å². The second-order valence-corrected chi connectivity index (χ2v) is 3.89. The Bertz CT molecular complexity index is 375. The van der Waals surface area contributed by atoms with Crippen molar-refractivity contribution in [2.24, 2.45) is 5.92 Å². The zero-order valence-corrected chi connectivity index (χ0v) is 8.89. The Morgan fingerprint density at radius 1 is 1.50 bits per heavy atom. The van der Waals surface area contributed by atoms with E-state index in [0.717, 1.165) is 19.5 Å². The summed E-state index contributed by atoms with van der Waals surface area (Å²) >= 11 is 0. The van der Waals surface area contributed by atoms with E-state index in [2.05, 4.69) is 5.32 Å². The van der Waals surface area contributed by atoms with E-state index in [4.69, 9.17) is 4.74 Å². The maximum atomic E-state index is 10.7. The Kier molecular flexibility index (Phi) is 3.36. The lowest BCUT2D eigenvalue weighted by atomic mass is 10.1. The van der Waals surface area contributed by atoms with Crippen LogP contribution in [0.4, 0.5) is 5.69 Å². The lowest BCUT2D eigenvalue weighted by Gasteiger charge is -2.10. The average molecular weight is 222 g/mol. The van der Waals surface area contributed by atoms with Gasteiger partial charge in [0.1, 0.15) is 0 Å². The van der Waals surface area contributed by atoms with Crippen LogP contribution in [0.25, 0.3) is 0 Å². The molecule has 1 heterocycles. The first kappa shape index (κ1) is 10.9. The van der Waals surface area contributed by atoms with Crippen LogP contribution < -0.4 is 10.1 Å². The molecule has 1 atom stereocenters. The number of nitro benzene ring substituents is 1. The molecule has 16 heavy (non-hydrogen) atoms. The van der Waals surface area contributed by atoms with Crippen molar-refractivity contribution in [3.63, 3.8) is 0 Å². The van der Waals surface area contributed by atoms with Gasteiger partial charge in [0.2, 0.25) is 0 Å². The van der Waals surface area contributed by atoms with Gasteiger partial charge in [0.15, 0.2) is 5.75 Å². The van der Waals surface area contributed by atoms with Gasteiger partial charge >= 0.3 is 5.69 Å². The summed E-state index contributed by atoms with van der Waals surface area (Å²) in [5.41, 5.74) is 0.0356. The van der Waals surface area contributed by atoms with Crippen LogP contribution in [0.1, 0.15) is 6.42 Å². The molecule has 0 radical (unpaired) electrons. The molecule has 1 N–H and O–H groups in total. The first-order chi connectivity index (χ1) is 7.77. The summed E-state index contributed by atoms with van der Waals surface area (Å²) in [5, 5.41) is 14.0. The number of nitrogens with one attached hydrogen (secondary N) is 1. The molecule has 0 amide bonds. The number of benzene rings is 1. The van der Waals surface area contributed by atoms with Crippen LogP contribution in [0.3, 0.4) is 0 Å². The minimum absolute atomic E-state index is 0.0356. The second-order valence-electron chi connectivity index (χ2n) is 3.89. The van der Waals surface area contributed by atoms with Gasteiger partial charge < -0.3 is 10.1 Å². The summed E-state index contributed by atoms with van der Waals surface area (Å²) < 4.78 is 5.50. The van der Waals surface area contributed by atoms with Gasteiger partial charge in [-0.3, -0.25) is 10.1 Å². The maximum absolute atomic E-state index is 10.7. The fourth-order valence-electron chi connectivity index (χ4n) is 1.79. The van der Waals surface area contributed by atoms with E-state index < -0.39 is 4.92 Å². The summed E-state index contributed by atoms with van der Waals surface area (Å²) in [5.74, 6) is 0.819. The standard InChI is InChI=1S/C11H14N2O3/c14-13(15)10-3-1-2-4-11(10)16-8-9-5-6-12-7-9/h1-4,9,12H,5-8H2. The minimum atomic E-state index is -0.414. The Balaban J connectivity index is 2.00. The largest absolute Gasteiger partial charge is 0.486 e. The van der Waals surface area contributed by atoms with Crippen LogP contribution in [0, 0.1) is 16.0 Å². The lowest BCUT2D eigenvalue weighted by molar-refractivity contribution is -0.385. The first-order valence-corrected chi connectivity index (χ1v) is 5.34. The molecular weight excluding hydrogens is 208 g/mol. The highest BCUT2D eigenvalue weighted by atomic mass is 16.6. The van der Waals surface area contributed by atoms with Crippen LogP contribution in [-0.4, -0.2) is 24.6 Å². The van der Waals surface area contributed by atoms with Gasteiger partial charge in [-0.25, -0.2) is 0 Å². The van der Waals surface area contributed by atoms with E-state index in [1.54, 1.807) is 18.2 Å². The van der Waals surface area contributed by atoms with E-state index in [9.17, 15) is 10.1 Å². The van der Waals surface area contributed by atoms with Crippen LogP contribution in [0.2, 0.25) is 0 Å². The van der Waals surface area contributed by atoms with Crippen molar-refractivity contribution in [3.8, 4) is 5.75 Å². The molecule has 0 bridgehead atoms. The molecule has 0 aromatic heterocycles. The highest BCUT2D eigenvalue weighted by Crippen LogP contribution is 2.26. The van der Waals surface area contributed by atoms with E-state index in [-0.39, 0.29) is 5.69 Å². The molecule has 0 saturated carbocycles. The first-order valence-electron chi connectivity index (χ1n) is 5.34. The molecule has 5 heteroatoms. The molecule has 86 valence electrons. The molecule has 1 aromatic carbocycles. The summed E-state index contributed by atoms with van der Waals surface area (Å²) in [6.07, 6.45) is 1.07. The van der Waals surface area contributed by atoms with Gasteiger partial charge in [-0.15, -0.1) is 0 Å². The smallest absolute Gasteiger partial charge is 0.310 e. The van der Waals surface area contributed by atoms with Crippen molar-refractivity contribution in [1.82, 2.24) is 5.32 Å². The number of ether oxygens (including phenoxy) is 1. The number of hydrogen-bond acceptors (Lipinski definition) is 4. The Labute approximate surface area is 93.6 Å². The molecule has 5 nitrogen and oxygen atoms in total. The van der Waals surface area contributed by atoms with Crippen molar-refractivity contribution in [3.05, 3.63) is 34.4 Å². The molecule has 1 unspecified atom stereocenters. The van der Waals surface area contributed by atoms with Crippen LogP contribution in [0.5, 0.6) is 5.75 Å². The molecule has 0 spiro atoms. The Morgan fingerprint density at radius 2 is 2.31 bits per heavy atom. The molecule has 1 aliphatic rings. The van der Waals surface area contributed by atoms with Crippen molar-refractivity contribution in [2.75, 3.05) is 19.7 Å². The topological polar surface area (TPSA) is 64.4 Å². The minimum Gasteiger partial charge on any atom is -0.486 e. The third-order valence-electron chi connectivity index (χ3n) is 2.70. The summed E-state index contributed by atoms with van der Waals surface area (Å²) in [6, 6.07) is 6.49. The Morgan fingerprint density at radius 3 is 3.00 bits per heavy atom. The van der Waals surface area contributed by atoms with Crippen molar-refractivity contribution < 1.29 is 9.66 Å². The van der Waals surface area contributed by atoms with Gasteiger partial charge in [-0.1, -0.05) is 12.1 Å². The normalized spacial score (nSPS) is 19.6. The van der Waals surface area contributed by atoms with Crippen LogP contribution in [-0.2, 0) is 0 Å². The lowest BCUT2D eigenvalue weighted by Crippen LogP contribution is -2.15. The average Bonchev–Trinajstić information content (AvgIpc) is 2.79. The van der Waals surface area contributed by atoms with E-state index in [1.807, 2.05) is 0 Å². The molecule has 2 rings (SSSR count). The zero-order valence-electron chi connectivity index (χ0n) is 8.89. The fraction of sp³-hybridized carbons (Fsp3) is 0.455. The second kappa shape index (κ2) is 4.94. The van der Waals surface area contributed by atoms with Crippen molar-refractivity contribution >= 4 is 5.69 Å². The van der Waals surface area contributed by atoms with Gasteiger partial charge in [0, 0.05) is 18.5 Å². The van der Waals surface area contributed by atoms with Gasteiger partial charge in [0.05, 0.1) is 11.5 Å². The van der Waals surface area contributed by atoms with Crippen molar-refractivity contribution in [1.29, 1.82) is 0 Å². The summed E-state index contributed by atoms with van der Waals surface area (Å²) in [4.78, 5) is 10.3. The number of rotatable bonds is 4. The maximum Gasteiger partial charge on any atom is 0.310 e. The molecule has 1 aliphatic heterocycles. The highest BCUT2D eigenvalue weighted by Gasteiger charge is 2.18. The molecule has 1 fully saturated rings. The van der Waals surface area contributed by atoms with E-state index in [1.165, 1.54) is 6.07 Å². The number of hydrogen-bond donors (Lipinski definition) is 1. The van der Waals surface area contributed by atoms with Gasteiger partial charge in [-0.05, 0) is 19.0 Å². The Hall–Kier alpha value is -1.62. The molecule has 1 aromatic rings. The van der Waals surface area contributed by atoms with E-state index >= 15 is 0 Å². The van der Waals surface area contributed by atoms with Crippen molar-refractivity contribution in [2.45, 2.75) is 6.42 Å². The monoisotopic (exact) mass is 222 g/mol. The van der Waals surface area contributed by atoms with Gasteiger partial charge in [0.25, 0.3) is 0 Å². The third kappa shape index (κ3) is 2.49. The number of nitrogens with zero attached hydrogens (tertiary/aromatic N) is 1. The summed E-state index contributed by atoms with van der Waals surface area (Å²) in [6.45, 7) is 2.48. The fourth-order valence-corrected chi connectivity index (χ4v) is 1.79.